The number of hydrogen-bond donors (Lipinski definition) is 0. The van der Waals surface area contributed by atoms with Gasteiger partial charge in [0, 0.05) is 33.4 Å². The average Bonchev–Trinajstić information content (AvgIpc) is 2.84. The minimum atomic E-state index is -1.52. The van der Waals surface area contributed by atoms with Crippen molar-refractivity contribution >= 4 is 87.5 Å². The first kappa shape index (κ1) is 36.4. The van der Waals surface area contributed by atoms with Gasteiger partial charge in [-0.05, 0) is 0 Å². The van der Waals surface area contributed by atoms with Gasteiger partial charge in [0.15, 0.2) is 0 Å². The molecule has 3 aromatic rings. The van der Waals surface area contributed by atoms with E-state index in [1.807, 2.05) is 0 Å². The Hall–Kier alpha value is -3.78. The molecule has 186 valence electrons. The maximum Gasteiger partial charge on any atom is 3.00 e. The van der Waals surface area contributed by atoms with Gasteiger partial charge in [-0.2, -0.15) is 0 Å². The van der Waals surface area contributed by atoms with Crippen LogP contribution in [0.4, 0.5) is 0 Å². The summed E-state index contributed by atoms with van der Waals surface area (Å²) in [6, 6.07) is 15.4. The van der Waals surface area contributed by atoms with Crippen molar-refractivity contribution in [2.45, 2.75) is 0 Å². The van der Waals surface area contributed by atoms with Gasteiger partial charge in [-0.1, -0.05) is 72.8 Å². The molecule has 0 bridgehead atoms. The molecular formula is C24H12In2O12. The van der Waals surface area contributed by atoms with Gasteiger partial charge >= 0.3 is 51.7 Å². The SMILES string of the molecule is O=C([O-])c1ccccc1C(=O)[O-].O=C([O-])c1ccccc1C(=O)[O-].O=C([O-])c1ccccc1C(=O)[O-].[In+3].[In+3]. The van der Waals surface area contributed by atoms with Crippen molar-refractivity contribution in [3.63, 3.8) is 0 Å². The van der Waals surface area contributed by atoms with Gasteiger partial charge in [0.25, 0.3) is 0 Å². The van der Waals surface area contributed by atoms with Crippen molar-refractivity contribution in [3.8, 4) is 0 Å². The first-order valence-corrected chi connectivity index (χ1v) is 9.43. The number of carboxylic acids is 6. The second kappa shape index (κ2) is 17.6. The molecule has 0 saturated carbocycles. The normalized spacial score (nSPS) is 8.84. The van der Waals surface area contributed by atoms with Crippen LogP contribution in [0.15, 0.2) is 72.8 Å². The zero-order valence-electron chi connectivity index (χ0n) is 19.0. The molecular weight excluding hydrogens is 710 g/mol. The third-order valence-electron chi connectivity index (χ3n) is 4.10. The van der Waals surface area contributed by atoms with Gasteiger partial charge in [0.05, 0.1) is 35.8 Å². The van der Waals surface area contributed by atoms with Gasteiger partial charge in [0.2, 0.25) is 0 Å². The molecule has 38 heavy (non-hydrogen) atoms. The predicted octanol–water partition coefficient (Wildman–Crippen LogP) is -5.52. The Morgan fingerprint density at radius 2 is 0.421 bits per heavy atom. The van der Waals surface area contributed by atoms with Crippen molar-refractivity contribution in [1.29, 1.82) is 0 Å². The van der Waals surface area contributed by atoms with E-state index in [1.165, 1.54) is 36.4 Å². The summed E-state index contributed by atoms with van der Waals surface area (Å²) in [5.41, 5.74) is -2.18. The molecule has 0 aromatic heterocycles. The summed E-state index contributed by atoms with van der Waals surface area (Å²) in [5, 5.41) is 61.9. The summed E-state index contributed by atoms with van der Waals surface area (Å²) in [7, 11) is 0. The molecule has 0 N–H and O–H groups in total. The summed E-state index contributed by atoms with van der Waals surface area (Å²) < 4.78 is 0. The Kier molecular flexibility index (Phi) is 16.9. The standard InChI is InChI=1S/3C8H6O4.2In/c3*9-7(10)5-3-1-2-4-6(5)8(11)12;;/h3*1-4H,(H,9,10)(H,11,12);;/q;;;2*+3/p-6. The van der Waals surface area contributed by atoms with Crippen LogP contribution in [0.3, 0.4) is 0 Å². The Morgan fingerprint density at radius 1 is 0.316 bits per heavy atom. The summed E-state index contributed by atoms with van der Waals surface area (Å²) in [6.07, 6.45) is 0. The first-order chi connectivity index (χ1) is 16.9. The van der Waals surface area contributed by atoms with E-state index in [-0.39, 0.29) is 85.1 Å². The minimum absolute atomic E-state index is 0. The zero-order valence-corrected chi connectivity index (χ0v) is 25.6. The molecule has 0 fully saturated rings. The molecule has 0 aliphatic rings. The molecule has 14 heteroatoms. The Bertz CT molecular complexity index is 1060. The third kappa shape index (κ3) is 11.1. The van der Waals surface area contributed by atoms with Crippen LogP contribution in [0.2, 0.25) is 0 Å². The van der Waals surface area contributed by atoms with Gasteiger partial charge < -0.3 is 59.4 Å². The molecule has 0 atom stereocenters. The third-order valence-corrected chi connectivity index (χ3v) is 4.10. The minimum Gasteiger partial charge on any atom is -0.545 e. The van der Waals surface area contributed by atoms with Gasteiger partial charge in [-0.25, -0.2) is 0 Å². The molecule has 3 rings (SSSR count). The molecule has 0 aliphatic carbocycles. The van der Waals surface area contributed by atoms with E-state index < -0.39 is 35.8 Å². The molecule has 0 aliphatic heterocycles. The van der Waals surface area contributed by atoms with Crippen molar-refractivity contribution in [2.24, 2.45) is 0 Å². The first-order valence-electron chi connectivity index (χ1n) is 9.43. The number of hydrogen-bond acceptors (Lipinski definition) is 12. The fourth-order valence-corrected chi connectivity index (χ4v) is 2.52. The molecule has 3 aromatic carbocycles. The topological polar surface area (TPSA) is 241 Å². The van der Waals surface area contributed by atoms with E-state index in [4.69, 9.17) is 0 Å². The largest absolute Gasteiger partial charge is 3.00 e. The number of carbonyl (C=O) groups excluding carboxylic acids is 6. The van der Waals surface area contributed by atoms with E-state index in [2.05, 4.69) is 0 Å². The van der Waals surface area contributed by atoms with Crippen LogP contribution in [0.1, 0.15) is 62.1 Å². The van der Waals surface area contributed by atoms with Gasteiger partial charge in [0.1, 0.15) is 0 Å². The maximum absolute atomic E-state index is 10.3. The fourth-order valence-electron chi connectivity index (χ4n) is 2.52. The second-order valence-corrected chi connectivity index (χ2v) is 6.36. The van der Waals surface area contributed by atoms with E-state index in [1.54, 1.807) is 0 Å². The van der Waals surface area contributed by atoms with Crippen LogP contribution in [-0.4, -0.2) is 87.5 Å². The quantitative estimate of drug-likeness (QED) is 0.232. The molecule has 0 amide bonds. The van der Waals surface area contributed by atoms with E-state index in [0.29, 0.717) is 0 Å². The van der Waals surface area contributed by atoms with Crippen molar-refractivity contribution < 1.29 is 59.4 Å². The van der Waals surface area contributed by atoms with Crippen LogP contribution in [0.25, 0.3) is 0 Å². The van der Waals surface area contributed by atoms with Crippen LogP contribution >= 0.6 is 0 Å². The summed E-state index contributed by atoms with van der Waals surface area (Å²) in [4.78, 5) is 61.9. The number of rotatable bonds is 6. The van der Waals surface area contributed by atoms with Crippen molar-refractivity contribution in [3.05, 3.63) is 106 Å². The van der Waals surface area contributed by atoms with Crippen molar-refractivity contribution in [2.75, 3.05) is 0 Å². The number of carboxylic acid groups (broad SMARTS) is 6. The van der Waals surface area contributed by atoms with Crippen LogP contribution < -0.4 is 30.6 Å². The van der Waals surface area contributed by atoms with E-state index in [9.17, 15) is 59.4 Å². The Labute approximate surface area is 251 Å². The molecule has 0 spiro atoms. The zero-order chi connectivity index (χ0) is 27.4. The molecule has 0 unspecified atom stereocenters. The summed E-state index contributed by atoms with van der Waals surface area (Å²) in [6.45, 7) is 0. The fraction of sp³-hybridized carbons (Fsp3) is 0. The summed E-state index contributed by atoms with van der Waals surface area (Å²) >= 11 is 0. The van der Waals surface area contributed by atoms with Crippen molar-refractivity contribution in [1.82, 2.24) is 0 Å². The van der Waals surface area contributed by atoms with Crippen LogP contribution in [-0.2, 0) is 0 Å². The Balaban J connectivity index is 0. The number of benzene rings is 3. The maximum atomic E-state index is 10.3. The summed E-state index contributed by atoms with van der Waals surface area (Å²) in [5.74, 6) is -9.11. The van der Waals surface area contributed by atoms with E-state index >= 15 is 0 Å². The second-order valence-electron chi connectivity index (χ2n) is 6.36. The van der Waals surface area contributed by atoms with Gasteiger partial charge in [-0.3, -0.25) is 0 Å². The van der Waals surface area contributed by atoms with E-state index in [0.717, 1.165) is 36.4 Å². The monoisotopic (exact) mass is 722 g/mol. The predicted molar refractivity (Wildman–Crippen MR) is 117 cm³/mol. The number of aromatic carboxylic acids is 6. The van der Waals surface area contributed by atoms with Crippen LogP contribution in [0.5, 0.6) is 0 Å². The number of carbonyl (C=O) groups is 6. The van der Waals surface area contributed by atoms with Gasteiger partial charge in [-0.15, -0.1) is 0 Å². The molecule has 0 radical (unpaired) electrons. The average molecular weight is 722 g/mol. The molecule has 0 heterocycles. The molecule has 12 nitrogen and oxygen atoms in total. The van der Waals surface area contributed by atoms with Crippen LogP contribution in [0, 0.1) is 0 Å². The molecule has 0 saturated heterocycles. The Morgan fingerprint density at radius 3 is 0.500 bits per heavy atom. The smallest absolute Gasteiger partial charge is 0.545 e.